The largest absolute Gasteiger partial charge is 0.289 e. The molecule has 0 spiro atoms. The summed E-state index contributed by atoms with van der Waals surface area (Å²) in [5.74, 6) is -2.33. The molecule has 2 aliphatic heterocycles. The zero-order chi connectivity index (χ0) is 15.7. The number of rotatable bonds is 4. The van der Waals surface area contributed by atoms with Gasteiger partial charge in [-0.25, -0.2) is 0 Å². The van der Waals surface area contributed by atoms with Crippen molar-refractivity contribution < 1.29 is 19.2 Å². The van der Waals surface area contributed by atoms with Gasteiger partial charge in [0.05, 0.1) is 0 Å². The minimum Gasteiger partial charge on any atom is -0.289 e. The average Bonchev–Trinajstić information content (AvgIpc) is 2.98. The Hall–Kier alpha value is -3.02. The first kappa shape index (κ1) is 13.9. The highest BCUT2D eigenvalue weighted by atomic mass is 16.2. The highest BCUT2D eigenvalue weighted by molar-refractivity contribution is 6.18. The Balaban J connectivity index is 1.98. The van der Waals surface area contributed by atoms with Gasteiger partial charge >= 0.3 is 0 Å². The van der Waals surface area contributed by atoms with E-state index < -0.39 is 29.5 Å². The highest BCUT2D eigenvalue weighted by Gasteiger charge is 2.32. The van der Waals surface area contributed by atoms with Gasteiger partial charge in [-0.05, 0) is 12.0 Å². The number of hydrogen-bond donors (Lipinski definition) is 2. The third-order valence-electron chi connectivity index (χ3n) is 3.62. The van der Waals surface area contributed by atoms with Crippen molar-refractivity contribution in [2.45, 2.75) is 12.3 Å². The lowest BCUT2D eigenvalue weighted by Gasteiger charge is -2.17. The van der Waals surface area contributed by atoms with Gasteiger partial charge in [0, 0.05) is 29.2 Å². The van der Waals surface area contributed by atoms with E-state index in [1.54, 1.807) is 0 Å². The Bertz CT molecular complexity index is 747. The van der Waals surface area contributed by atoms with Crippen molar-refractivity contribution in [2.24, 2.45) is 0 Å². The van der Waals surface area contributed by atoms with Gasteiger partial charge in [-0.1, -0.05) is 30.3 Å². The summed E-state index contributed by atoms with van der Waals surface area (Å²) in [5, 5.41) is 4.38. The molecule has 1 unspecified atom stereocenters. The van der Waals surface area contributed by atoms with Crippen molar-refractivity contribution in [3.63, 3.8) is 0 Å². The van der Waals surface area contributed by atoms with E-state index in [2.05, 4.69) is 10.6 Å². The molecule has 110 valence electrons. The maximum Gasteiger partial charge on any atom is 0.254 e. The Labute approximate surface area is 125 Å². The number of amides is 4. The fraction of sp³-hybridized carbons (Fsp3) is 0.125. The van der Waals surface area contributed by atoms with Gasteiger partial charge in [0.15, 0.2) is 0 Å². The molecule has 2 heterocycles. The molecule has 1 atom stereocenters. The number of imide groups is 2. The summed E-state index contributed by atoms with van der Waals surface area (Å²) in [5.41, 5.74) is 1.39. The van der Waals surface area contributed by atoms with Crippen LogP contribution in [-0.2, 0) is 19.2 Å². The molecule has 1 aromatic rings. The molecule has 4 amide bonds. The minimum absolute atomic E-state index is 0.175. The first-order chi connectivity index (χ1) is 10.5. The number of hydrogen-bond acceptors (Lipinski definition) is 4. The van der Waals surface area contributed by atoms with Crippen LogP contribution in [0.15, 0.2) is 53.6 Å². The van der Waals surface area contributed by atoms with Crippen molar-refractivity contribution in [3.05, 3.63) is 59.2 Å². The van der Waals surface area contributed by atoms with Gasteiger partial charge in [-0.15, -0.1) is 0 Å². The molecule has 6 heteroatoms. The average molecular weight is 296 g/mol. The quantitative estimate of drug-likeness (QED) is 0.783. The van der Waals surface area contributed by atoms with Crippen molar-refractivity contribution in [1.82, 2.24) is 10.6 Å². The smallest absolute Gasteiger partial charge is 0.254 e. The molecule has 3 rings (SSSR count). The van der Waals surface area contributed by atoms with Crippen LogP contribution < -0.4 is 10.6 Å². The third-order valence-corrected chi connectivity index (χ3v) is 3.62. The van der Waals surface area contributed by atoms with Gasteiger partial charge < -0.3 is 0 Å². The summed E-state index contributed by atoms with van der Waals surface area (Å²) < 4.78 is 0. The van der Waals surface area contributed by atoms with E-state index >= 15 is 0 Å². The van der Waals surface area contributed by atoms with Crippen LogP contribution in [0.4, 0.5) is 0 Å². The van der Waals surface area contributed by atoms with Crippen LogP contribution in [0.3, 0.4) is 0 Å². The van der Waals surface area contributed by atoms with Crippen molar-refractivity contribution >= 4 is 23.6 Å². The van der Waals surface area contributed by atoms with E-state index in [0.29, 0.717) is 11.1 Å². The Morgan fingerprint density at radius 1 is 0.818 bits per heavy atom. The van der Waals surface area contributed by atoms with E-state index in [-0.39, 0.29) is 6.42 Å². The standard InChI is InChI=1S/C16H12N2O4/c19-13-7-10(15(21)17-13)6-11(9-4-2-1-3-5-9)12-8-14(20)18-16(12)22/h1-5,7-8,11H,6H2,(H,17,19,21)(H,18,20,22). The van der Waals surface area contributed by atoms with Gasteiger partial charge in [0.2, 0.25) is 0 Å². The third kappa shape index (κ3) is 2.58. The molecule has 22 heavy (non-hydrogen) atoms. The van der Waals surface area contributed by atoms with E-state index in [9.17, 15) is 19.2 Å². The van der Waals surface area contributed by atoms with Gasteiger partial charge in [0.25, 0.3) is 23.6 Å². The number of carbonyl (C=O) groups excluding carboxylic acids is 4. The number of nitrogens with one attached hydrogen (secondary N) is 2. The minimum atomic E-state index is -0.470. The SMILES string of the molecule is O=C1C=C(CC(C2=CC(=O)NC2=O)c2ccccc2)C(=O)N1. The van der Waals surface area contributed by atoms with Crippen LogP contribution in [0.2, 0.25) is 0 Å². The van der Waals surface area contributed by atoms with E-state index in [1.165, 1.54) is 12.2 Å². The lowest BCUT2D eigenvalue weighted by atomic mass is 9.85. The number of benzene rings is 1. The monoisotopic (exact) mass is 296 g/mol. The maximum atomic E-state index is 11.9. The molecule has 0 aliphatic carbocycles. The highest BCUT2D eigenvalue weighted by Crippen LogP contribution is 2.33. The topological polar surface area (TPSA) is 92.3 Å². The molecule has 2 aliphatic rings. The summed E-state index contributed by atoms with van der Waals surface area (Å²) in [6.45, 7) is 0. The van der Waals surface area contributed by atoms with Crippen molar-refractivity contribution in [3.8, 4) is 0 Å². The van der Waals surface area contributed by atoms with Crippen LogP contribution in [-0.4, -0.2) is 23.6 Å². The molecule has 0 saturated heterocycles. The van der Waals surface area contributed by atoms with Crippen LogP contribution in [0.1, 0.15) is 17.9 Å². The second-order valence-corrected chi connectivity index (χ2v) is 5.07. The van der Waals surface area contributed by atoms with E-state index in [0.717, 1.165) is 5.56 Å². The summed E-state index contributed by atoms with van der Waals surface area (Å²) in [4.78, 5) is 46.3. The lowest BCUT2D eigenvalue weighted by Crippen LogP contribution is -2.25. The van der Waals surface area contributed by atoms with Gasteiger partial charge in [0.1, 0.15) is 0 Å². The molecule has 2 N–H and O–H groups in total. The zero-order valence-corrected chi connectivity index (χ0v) is 11.5. The molecule has 0 aromatic heterocycles. The molecule has 6 nitrogen and oxygen atoms in total. The molecule has 0 radical (unpaired) electrons. The Morgan fingerprint density at radius 3 is 2.00 bits per heavy atom. The first-order valence-corrected chi connectivity index (χ1v) is 6.72. The maximum absolute atomic E-state index is 11.9. The molecular formula is C16H12N2O4. The van der Waals surface area contributed by atoms with Crippen LogP contribution in [0.25, 0.3) is 0 Å². The van der Waals surface area contributed by atoms with Crippen LogP contribution in [0, 0.1) is 0 Å². The van der Waals surface area contributed by atoms with Gasteiger partial charge in [-0.3, -0.25) is 29.8 Å². The molecule has 1 aromatic carbocycles. The molecular weight excluding hydrogens is 284 g/mol. The Morgan fingerprint density at radius 2 is 1.45 bits per heavy atom. The van der Waals surface area contributed by atoms with Crippen molar-refractivity contribution in [1.29, 1.82) is 0 Å². The van der Waals surface area contributed by atoms with E-state index in [4.69, 9.17) is 0 Å². The molecule has 0 fully saturated rings. The summed E-state index contributed by atoms with van der Waals surface area (Å²) in [7, 11) is 0. The van der Waals surface area contributed by atoms with Crippen LogP contribution >= 0.6 is 0 Å². The summed E-state index contributed by atoms with van der Waals surface area (Å²) in [6, 6.07) is 9.09. The van der Waals surface area contributed by atoms with Crippen LogP contribution in [0.5, 0.6) is 0 Å². The predicted molar refractivity (Wildman–Crippen MR) is 76.3 cm³/mol. The van der Waals surface area contributed by atoms with E-state index in [1.807, 2.05) is 30.3 Å². The van der Waals surface area contributed by atoms with Crippen molar-refractivity contribution in [2.75, 3.05) is 0 Å². The fourth-order valence-corrected chi connectivity index (χ4v) is 2.60. The molecule has 0 bridgehead atoms. The predicted octanol–water partition coefficient (Wildman–Crippen LogP) is 0.326. The fourth-order valence-electron chi connectivity index (χ4n) is 2.60. The second kappa shape index (κ2) is 5.40. The normalized spacial score (nSPS) is 18.7. The molecule has 0 saturated carbocycles. The summed E-state index contributed by atoms with van der Waals surface area (Å²) in [6.07, 6.45) is 2.65. The Kier molecular flexibility index (Phi) is 3.42. The summed E-state index contributed by atoms with van der Waals surface area (Å²) >= 11 is 0. The van der Waals surface area contributed by atoms with Gasteiger partial charge in [-0.2, -0.15) is 0 Å². The lowest BCUT2D eigenvalue weighted by molar-refractivity contribution is -0.125. The number of carbonyl (C=O) groups is 4. The first-order valence-electron chi connectivity index (χ1n) is 6.72. The zero-order valence-electron chi connectivity index (χ0n) is 11.5. The second-order valence-electron chi connectivity index (χ2n) is 5.07.